The van der Waals surface area contributed by atoms with Crippen LogP contribution in [0.4, 0.5) is 0 Å². The SMILES string of the molecule is CC(C)(C)c1ccc(OCCCn2ncc3ccccc32)cc1. The number of rotatable bonds is 5. The van der Waals surface area contributed by atoms with Crippen LogP contribution in [0, 0.1) is 0 Å². The molecule has 0 spiro atoms. The minimum absolute atomic E-state index is 0.180. The Bertz CT molecular complexity index is 766. The molecule has 0 aliphatic carbocycles. The average Bonchev–Trinajstić information content (AvgIpc) is 2.94. The minimum Gasteiger partial charge on any atom is -0.494 e. The molecule has 3 rings (SSSR count). The second-order valence-corrected chi connectivity index (χ2v) is 6.90. The molecule has 23 heavy (non-hydrogen) atoms. The third-order valence-corrected chi connectivity index (χ3v) is 4.05. The molecule has 0 saturated carbocycles. The molecular weight excluding hydrogens is 284 g/mol. The molecule has 0 amide bonds. The van der Waals surface area contributed by atoms with Crippen molar-refractivity contribution in [2.45, 2.75) is 39.2 Å². The van der Waals surface area contributed by atoms with Gasteiger partial charge in [0.15, 0.2) is 0 Å². The lowest BCUT2D eigenvalue weighted by Crippen LogP contribution is -2.10. The fourth-order valence-corrected chi connectivity index (χ4v) is 2.66. The largest absolute Gasteiger partial charge is 0.494 e. The first-order chi connectivity index (χ1) is 11.0. The van der Waals surface area contributed by atoms with Crippen molar-refractivity contribution in [3.05, 3.63) is 60.3 Å². The zero-order chi connectivity index (χ0) is 16.3. The van der Waals surface area contributed by atoms with Gasteiger partial charge in [-0.05, 0) is 29.2 Å². The van der Waals surface area contributed by atoms with E-state index >= 15 is 0 Å². The molecule has 0 saturated heterocycles. The van der Waals surface area contributed by atoms with E-state index in [1.807, 2.05) is 23.0 Å². The molecular formula is C20H24N2O. The summed E-state index contributed by atoms with van der Waals surface area (Å²) in [5.74, 6) is 0.934. The molecule has 0 unspecified atom stereocenters. The smallest absolute Gasteiger partial charge is 0.119 e. The molecule has 3 heteroatoms. The van der Waals surface area contributed by atoms with Gasteiger partial charge in [0.2, 0.25) is 0 Å². The van der Waals surface area contributed by atoms with Gasteiger partial charge in [0.05, 0.1) is 18.3 Å². The quantitative estimate of drug-likeness (QED) is 0.633. The predicted molar refractivity (Wildman–Crippen MR) is 95.0 cm³/mol. The van der Waals surface area contributed by atoms with Crippen LogP contribution in [0.15, 0.2) is 54.7 Å². The molecule has 0 aliphatic heterocycles. The van der Waals surface area contributed by atoms with Gasteiger partial charge in [-0.15, -0.1) is 0 Å². The van der Waals surface area contributed by atoms with Crippen LogP contribution in [-0.4, -0.2) is 16.4 Å². The summed E-state index contributed by atoms with van der Waals surface area (Å²) < 4.78 is 7.89. The fourth-order valence-electron chi connectivity index (χ4n) is 2.66. The Kier molecular flexibility index (Phi) is 4.37. The van der Waals surface area contributed by atoms with Crippen LogP contribution in [0.3, 0.4) is 0 Å². The summed E-state index contributed by atoms with van der Waals surface area (Å²) in [4.78, 5) is 0. The normalized spacial score (nSPS) is 11.8. The van der Waals surface area contributed by atoms with E-state index in [0.29, 0.717) is 6.61 Å². The molecule has 3 nitrogen and oxygen atoms in total. The summed E-state index contributed by atoms with van der Waals surface area (Å²) in [6.45, 7) is 8.22. The number of hydrogen-bond acceptors (Lipinski definition) is 2. The Balaban J connectivity index is 1.52. The zero-order valence-electron chi connectivity index (χ0n) is 14.1. The minimum atomic E-state index is 0.180. The topological polar surface area (TPSA) is 27.1 Å². The molecule has 0 aliphatic rings. The van der Waals surface area contributed by atoms with Crippen molar-refractivity contribution in [3.63, 3.8) is 0 Å². The van der Waals surface area contributed by atoms with Gasteiger partial charge in [-0.25, -0.2) is 0 Å². The molecule has 2 aromatic carbocycles. The van der Waals surface area contributed by atoms with Gasteiger partial charge in [0.25, 0.3) is 0 Å². The van der Waals surface area contributed by atoms with Crippen LogP contribution in [0.1, 0.15) is 32.8 Å². The van der Waals surface area contributed by atoms with Crippen molar-refractivity contribution < 1.29 is 4.74 Å². The Labute approximate surface area is 137 Å². The van der Waals surface area contributed by atoms with Crippen molar-refractivity contribution in [2.24, 2.45) is 0 Å². The lowest BCUT2D eigenvalue weighted by atomic mass is 9.87. The monoisotopic (exact) mass is 308 g/mol. The zero-order valence-corrected chi connectivity index (χ0v) is 14.1. The number of ether oxygens (including phenoxy) is 1. The lowest BCUT2D eigenvalue weighted by Gasteiger charge is -2.19. The third kappa shape index (κ3) is 3.73. The van der Waals surface area contributed by atoms with Crippen molar-refractivity contribution in [1.29, 1.82) is 0 Å². The first kappa shape index (κ1) is 15.6. The van der Waals surface area contributed by atoms with Crippen molar-refractivity contribution in [3.8, 4) is 5.75 Å². The molecule has 1 heterocycles. The third-order valence-electron chi connectivity index (χ3n) is 4.05. The number of fused-ring (bicyclic) bond motifs is 1. The molecule has 0 radical (unpaired) electrons. The number of aryl methyl sites for hydroxylation is 1. The maximum atomic E-state index is 5.84. The van der Waals surface area contributed by atoms with E-state index in [9.17, 15) is 0 Å². The van der Waals surface area contributed by atoms with Crippen molar-refractivity contribution in [2.75, 3.05) is 6.61 Å². The predicted octanol–water partition coefficient (Wildman–Crippen LogP) is 4.80. The van der Waals surface area contributed by atoms with Gasteiger partial charge in [-0.1, -0.05) is 51.1 Å². The first-order valence-corrected chi connectivity index (χ1v) is 8.18. The number of hydrogen-bond donors (Lipinski definition) is 0. The van der Waals surface area contributed by atoms with Gasteiger partial charge in [0.1, 0.15) is 5.75 Å². The van der Waals surface area contributed by atoms with Crippen LogP contribution in [0.2, 0.25) is 0 Å². The number of benzene rings is 2. The lowest BCUT2D eigenvalue weighted by molar-refractivity contribution is 0.299. The standard InChI is InChI=1S/C20H24N2O/c1-20(2,3)17-9-11-18(12-10-17)23-14-6-13-22-19-8-5-4-7-16(19)15-21-22/h4-5,7-12,15H,6,13-14H2,1-3H3. The Morgan fingerprint density at radius 2 is 1.74 bits per heavy atom. The highest BCUT2D eigenvalue weighted by Crippen LogP contribution is 2.24. The van der Waals surface area contributed by atoms with E-state index in [1.165, 1.54) is 16.5 Å². The maximum absolute atomic E-state index is 5.84. The molecule has 0 N–H and O–H groups in total. The highest BCUT2D eigenvalue weighted by Gasteiger charge is 2.12. The number of para-hydroxylation sites is 1. The first-order valence-electron chi connectivity index (χ1n) is 8.18. The molecule has 0 fully saturated rings. The van der Waals surface area contributed by atoms with Crippen LogP contribution in [-0.2, 0) is 12.0 Å². The summed E-state index contributed by atoms with van der Waals surface area (Å²) in [6.07, 6.45) is 2.86. The second-order valence-electron chi connectivity index (χ2n) is 6.90. The van der Waals surface area contributed by atoms with E-state index in [4.69, 9.17) is 4.74 Å². The molecule has 1 aromatic heterocycles. The van der Waals surface area contributed by atoms with Crippen LogP contribution >= 0.6 is 0 Å². The van der Waals surface area contributed by atoms with Crippen LogP contribution < -0.4 is 4.74 Å². The van der Waals surface area contributed by atoms with Crippen LogP contribution in [0.25, 0.3) is 10.9 Å². The van der Waals surface area contributed by atoms with E-state index in [-0.39, 0.29) is 5.41 Å². The highest BCUT2D eigenvalue weighted by atomic mass is 16.5. The van der Waals surface area contributed by atoms with Crippen LogP contribution in [0.5, 0.6) is 5.75 Å². The van der Waals surface area contributed by atoms with E-state index in [0.717, 1.165) is 18.7 Å². The highest BCUT2D eigenvalue weighted by molar-refractivity contribution is 5.78. The number of aromatic nitrogens is 2. The Hall–Kier alpha value is -2.29. The Morgan fingerprint density at radius 1 is 1.00 bits per heavy atom. The summed E-state index contributed by atoms with van der Waals surface area (Å²) in [6, 6.07) is 16.7. The summed E-state index contributed by atoms with van der Waals surface area (Å²) in [5.41, 5.74) is 2.69. The summed E-state index contributed by atoms with van der Waals surface area (Å²) in [7, 11) is 0. The molecule has 0 bridgehead atoms. The fraction of sp³-hybridized carbons (Fsp3) is 0.350. The number of nitrogens with zero attached hydrogens (tertiary/aromatic N) is 2. The van der Waals surface area contributed by atoms with Gasteiger partial charge < -0.3 is 4.74 Å². The Morgan fingerprint density at radius 3 is 2.48 bits per heavy atom. The summed E-state index contributed by atoms with van der Waals surface area (Å²) >= 11 is 0. The van der Waals surface area contributed by atoms with Gasteiger partial charge in [-0.3, -0.25) is 4.68 Å². The molecule has 0 atom stereocenters. The molecule has 120 valence electrons. The van der Waals surface area contributed by atoms with Gasteiger partial charge >= 0.3 is 0 Å². The van der Waals surface area contributed by atoms with E-state index in [1.54, 1.807) is 0 Å². The second kappa shape index (κ2) is 6.45. The van der Waals surface area contributed by atoms with Gasteiger partial charge in [0, 0.05) is 18.4 Å². The van der Waals surface area contributed by atoms with E-state index < -0.39 is 0 Å². The maximum Gasteiger partial charge on any atom is 0.119 e. The van der Waals surface area contributed by atoms with Crippen molar-refractivity contribution in [1.82, 2.24) is 9.78 Å². The van der Waals surface area contributed by atoms with Crippen molar-refractivity contribution >= 4 is 10.9 Å². The average molecular weight is 308 g/mol. The van der Waals surface area contributed by atoms with Gasteiger partial charge in [-0.2, -0.15) is 5.10 Å². The molecule has 3 aromatic rings. The van der Waals surface area contributed by atoms with E-state index in [2.05, 4.69) is 62.3 Å². The summed E-state index contributed by atoms with van der Waals surface area (Å²) in [5, 5.41) is 5.63.